The van der Waals surface area contributed by atoms with Crippen molar-refractivity contribution in [1.29, 1.82) is 0 Å². The molecule has 0 bridgehead atoms. The second kappa shape index (κ2) is 4.07. The number of benzene rings is 1. The molecule has 15 heavy (non-hydrogen) atoms. The number of rotatable bonds is 3. The predicted molar refractivity (Wildman–Crippen MR) is 65.1 cm³/mol. The van der Waals surface area contributed by atoms with Crippen molar-refractivity contribution in [1.82, 2.24) is 9.88 Å². The van der Waals surface area contributed by atoms with Crippen molar-refractivity contribution < 1.29 is 0 Å². The highest BCUT2D eigenvalue weighted by Crippen LogP contribution is 2.22. The highest BCUT2D eigenvalue weighted by atomic mass is 14.9. The molecule has 1 aromatic carbocycles. The number of aromatic nitrogens is 1. The molecule has 0 amide bonds. The first-order chi connectivity index (χ1) is 7.26. The number of hydrogen-bond donors (Lipinski definition) is 1. The number of nitrogens with zero attached hydrogens (tertiary/aromatic N) is 1. The molecule has 0 aliphatic carbocycles. The molecule has 0 atom stereocenters. The first kappa shape index (κ1) is 10.2. The zero-order valence-electron chi connectivity index (χ0n) is 9.67. The SMILES string of the molecule is CCc1ccc2c(c1)c(CNC)cn2C. The first-order valence-electron chi connectivity index (χ1n) is 5.47. The fourth-order valence-corrected chi connectivity index (χ4v) is 2.07. The second-order valence-corrected chi connectivity index (χ2v) is 4.00. The van der Waals surface area contributed by atoms with Gasteiger partial charge in [-0.3, -0.25) is 0 Å². The van der Waals surface area contributed by atoms with Crippen molar-refractivity contribution in [2.24, 2.45) is 7.05 Å². The Hall–Kier alpha value is -1.28. The Kier molecular flexibility index (Phi) is 2.78. The van der Waals surface area contributed by atoms with E-state index in [1.807, 2.05) is 7.05 Å². The van der Waals surface area contributed by atoms with Crippen LogP contribution >= 0.6 is 0 Å². The van der Waals surface area contributed by atoms with E-state index in [4.69, 9.17) is 0 Å². The molecule has 80 valence electrons. The van der Waals surface area contributed by atoms with Gasteiger partial charge in [0.25, 0.3) is 0 Å². The topological polar surface area (TPSA) is 17.0 Å². The molecule has 1 aromatic heterocycles. The summed E-state index contributed by atoms with van der Waals surface area (Å²) in [5, 5.41) is 4.59. The zero-order chi connectivity index (χ0) is 10.8. The van der Waals surface area contributed by atoms with E-state index >= 15 is 0 Å². The van der Waals surface area contributed by atoms with Crippen molar-refractivity contribution in [2.75, 3.05) is 7.05 Å². The van der Waals surface area contributed by atoms with Crippen LogP contribution in [0.1, 0.15) is 18.1 Å². The fraction of sp³-hybridized carbons (Fsp3) is 0.385. The molecule has 2 nitrogen and oxygen atoms in total. The van der Waals surface area contributed by atoms with Crippen LogP contribution in [0.4, 0.5) is 0 Å². The average molecular weight is 202 g/mol. The van der Waals surface area contributed by atoms with E-state index in [0.717, 1.165) is 13.0 Å². The van der Waals surface area contributed by atoms with Gasteiger partial charge in [0.05, 0.1) is 0 Å². The van der Waals surface area contributed by atoms with Crippen LogP contribution in [-0.2, 0) is 20.0 Å². The molecule has 0 saturated carbocycles. The lowest BCUT2D eigenvalue weighted by Gasteiger charge is -2.00. The number of nitrogens with one attached hydrogen (secondary N) is 1. The van der Waals surface area contributed by atoms with Crippen molar-refractivity contribution in [2.45, 2.75) is 19.9 Å². The summed E-state index contributed by atoms with van der Waals surface area (Å²) in [5.41, 5.74) is 4.11. The predicted octanol–water partition coefficient (Wildman–Crippen LogP) is 2.46. The third-order valence-electron chi connectivity index (χ3n) is 2.91. The quantitative estimate of drug-likeness (QED) is 0.809. The van der Waals surface area contributed by atoms with Gasteiger partial charge in [0.2, 0.25) is 0 Å². The van der Waals surface area contributed by atoms with E-state index in [1.165, 1.54) is 22.0 Å². The zero-order valence-corrected chi connectivity index (χ0v) is 9.67. The van der Waals surface area contributed by atoms with E-state index in [-0.39, 0.29) is 0 Å². The Bertz CT molecular complexity index is 469. The third-order valence-corrected chi connectivity index (χ3v) is 2.91. The van der Waals surface area contributed by atoms with Crippen LogP contribution in [-0.4, -0.2) is 11.6 Å². The first-order valence-corrected chi connectivity index (χ1v) is 5.47. The van der Waals surface area contributed by atoms with Crippen molar-refractivity contribution >= 4 is 10.9 Å². The molecule has 2 rings (SSSR count). The molecule has 1 heterocycles. The summed E-state index contributed by atoms with van der Waals surface area (Å²) in [6.45, 7) is 3.13. The molecule has 0 fully saturated rings. The van der Waals surface area contributed by atoms with E-state index in [9.17, 15) is 0 Å². The van der Waals surface area contributed by atoms with Gasteiger partial charge in [-0.2, -0.15) is 0 Å². The molecule has 2 aromatic rings. The Labute approximate surface area is 90.9 Å². The van der Waals surface area contributed by atoms with Crippen LogP contribution in [0.25, 0.3) is 10.9 Å². The highest BCUT2D eigenvalue weighted by Gasteiger charge is 2.05. The van der Waals surface area contributed by atoms with Crippen molar-refractivity contribution in [3.63, 3.8) is 0 Å². The molecule has 0 aliphatic rings. The standard InChI is InChI=1S/C13H18N2/c1-4-10-5-6-13-12(7-10)11(8-14-2)9-15(13)3/h5-7,9,14H,4,8H2,1-3H3. The highest BCUT2D eigenvalue weighted by molar-refractivity contribution is 5.84. The summed E-state index contributed by atoms with van der Waals surface area (Å²) in [6.07, 6.45) is 3.31. The van der Waals surface area contributed by atoms with Crippen molar-refractivity contribution in [3.05, 3.63) is 35.5 Å². The van der Waals surface area contributed by atoms with E-state index in [0.29, 0.717) is 0 Å². The summed E-state index contributed by atoms with van der Waals surface area (Å²) in [6, 6.07) is 6.74. The number of hydrogen-bond acceptors (Lipinski definition) is 1. The Morgan fingerprint density at radius 2 is 2.13 bits per heavy atom. The molecule has 0 spiro atoms. The lowest BCUT2D eigenvalue weighted by atomic mass is 10.1. The van der Waals surface area contributed by atoms with Crippen LogP contribution in [0, 0.1) is 0 Å². The summed E-state index contributed by atoms with van der Waals surface area (Å²) < 4.78 is 2.20. The summed E-state index contributed by atoms with van der Waals surface area (Å²) in [7, 11) is 4.09. The van der Waals surface area contributed by atoms with Gasteiger partial charge in [0.1, 0.15) is 0 Å². The maximum absolute atomic E-state index is 3.21. The van der Waals surface area contributed by atoms with Crippen LogP contribution in [0.5, 0.6) is 0 Å². The fourth-order valence-electron chi connectivity index (χ4n) is 2.07. The Morgan fingerprint density at radius 3 is 2.80 bits per heavy atom. The summed E-state index contributed by atoms with van der Waals surface area (Å²) in [4.78, 5) is 0. The van der Waals surface area contributed by atoms with Crippen LogP contribution in [0.3, 0.4) is 0 Å². The molecular formula is C13H18N2. The molecular weight excluding hydrogens is 184 g/mol. The lowest BCUT2D eigenvalue weighted by molar-refractivity contribution is 0.815. The Balaban J connectivity index is 2.60. The van der Waals surface area contributed by atoms with Crippen LogP contribution < -0.4 is 5.32 Å². The molecule has 0 aliphatic heterocycles. The van der Waals surface area contributed by atoms with Crippen LogP contribution in [0.2, 0.25) is 0 Å². The van der Waals surface area contributed by atoms with Gasteiger partial charge >= 0.3 is 0 Å². The molecule has 1 N–H and O–H groups in total. The maximum Gasteiger partial charge on any atom is 0.0481 e. The summed E-state index contributed by atoms with van der Waals surface area (Å²) in [5.74, 6) is 0. The maximum atomic E-state index is 3.21. The van der Waals surface area contributed by atoms with Gasteiger partial charge in [-0.25, -0.2) is 0 Å². The van der Waals surface area contributed by atoms with Gasteiger partial charge < -0.3 is 9.88 Å². The van der Waals surface area contributed by atoms with Gasteiger partial charge in [-0.15, -0.1) is 0 Å². The summed E-state index contributed by atoms with van der Waals surface area (Å²) >= 11 is 0. The van der Waals surface area contributed by atoms with E-state index < -0.39 is 0 Å². The average Bonchev–Trinajstić information content (AvgIpc) is 2.56. The lowest BCUT2D eigenvalue weighted by Crippen LogP contribution is -2.04. The molecule has 0 saturated heterocycles. The van der Waals surface area contributed by atoms with Gasteiger partial charge in [0, 0.05) is 30.7 Å². The minimum absolute atomic E-state index is 0.935. The number of fused-ring (bicyclic) bond motifs is 1. The largest absolute Gasteiger partial charge is 0.350 e. The normalized spacial score (nSPS) is 11.1. The monoisotopic (exact) mass is 202 g/mol. The van der Waals surface area contributed by atoms with Gasteiger partial charge in [0.15, 0.2) is 0 Å². The van der Waals surface area contributed by atoms with E-state index in [2.05, 4.69) is 48.3 Å². The van der Waals surface area contributed by atoms with Crippen LogP contribution in [0.15, 0.2) is 24.4 Å². The van der Waals surface area contributed by atoms with E-state index in [1.54, 1.807) is 0 Å². The van der Waals surface area contributed by atoms with Gasteiger partial charge in [-0.05, 0) is 36.7 Å². The molecule has 0 radical (unpaired) electrons. The number of aryl methyl sites for hydroxylation is 2. The third kappa shape index (κ3) is 1.77. The molecule has 0 unspecified atom stereocenters. The Morgan fingerprint density at radius 1 is 1.33 bits per heavy atom. The second-order valence-electron chi connectivity index (χ2n) is 4.00. The molecule has 2 heteroatoms. The minimum Gasteiger partial charge on any atom is -0.350 e. The van der Waals surface area contributed by atoms with Gasteiger partial charge in [-0.1, -0.05) is 13.0 Å². The minimum atomic E-state index is 0.935. The van der Waals surface area contributed by atoms with Crippen molar-refractivity contribution in [3.8, 4) is 0 Å². The smallest absolute Gasteiger partial charge is 0.0481 e.